The Morgan fingerprint density at radius 1 is 1.54 bits per heavy atom. The summed E-state index contributed by atoms with van der Waals surface area (Å²) in [5.74, 6) is 6.75. The Balaban J connectivity index is 1.80. The largest absolute Gasteiger partial charge is 0.493 e. The van der Waals surface area contributed by atoms with E-state index < -0.39 is 18.2 Å². The maximum Gasteiger partial charge on any atom is 0.325 e. The van der Waals surface area contributed by atoms with Crippen LogP contribution in [0, 0.1) is 11.8 Å². The smallest absolute Gasteiger partial charge is 0.325 e. The van der Waals surface area contributed by atoms with Crippen LogP contribution in [0.15, 0.2) is 12.1 Å². The minimum Gasteiger partial charge on any atom is -0.493 e. The molecule has 0 aliphatic carbocycles. The summed E-state index contributed by atoms with van der Waals surface area (Å²) in [5.41, 5.74) is 1.99. The van der Waals surface area contributed by atoms with E-state index in [9.17, 15) is 9.90 Å². The van der Waals surface area contributed by atoms with Crippen molar-refractivity contribution in [3.8, 4) is 17.6 Å². The molecule has 0 radical (unpaired) electrons. The maximum absolute atomic E-state index is 12.5. The molecule has 24 heavy (non-hydrogen) atoms. The number of thiazole rings is 1. The molecule has 2 aromatic rings. The minimum atomic E-state index is -0.697. The molecule has 1 fully saturated rings. The Labute approximate surface area is 143 Å². The number of benzene rings is 1. The first-order chi connectivity index (χ1) is 11.6. The molecule has 4 rings (SSSR count). The molecule has 2 aliphatic rings. The molecule has 1 aromatic carbocycles. The number of ether oxygens (including phenoxy) is 1. The number of amides is 2. The molecule has 0 spiro atoms. The average Bonchev–Trinajstić information content (AvgIpc) is 3.22. The number of fused-ring (bicyclic) bond motifs is 3. The van der Waals surface area contributed by atoms with Crippen LogP contribution < -0.4 is 15.0 Å². The fourth-order valence-electron chi connectivity index (χ4n) is 3.23. The van der Waals surface area contributed by atoms with E-state index in [0.717, 1.165) is 28.0 Å². The fraction of sp³-hybridized carbons (Fsp3) is 0.412. The molecule has 124 valence electrons. The summed E-state index contributed by atoms with van der Waals surface area (Å²) in [6.07, 6.45) is 0.133. The van der Waals surface area contributed by atoms with E-state index in [4.69, 9.17) is 9.72 Å². The Hall–Kier alpha value is -2.30. The number of hydrogen-bond donors (Lipinski definition) is 2. The van der Waals surface area contributed by atoms with Gasteiger partial charge in [0.1, 0.15) is 11.8 Å². The number of nitrogens with one attached hydrogen (secondary N) is 1. The van der Waals surface area contributed by atoms with Gasteiger partial charge in [-0.15, -0.1) is 5.92 Å². The van der Waals surface area contributed by atoms with Crippen molar-refractivity contribution in [2.75, 3.05) is 11.5 Å². The van der Waals surface area contributed by atoms with Gasteiger partial charge in [-0.25, -0.2) is 9.78 Å². The van der Waals surface area contributed by atoms with Crippen molar-refractivity contribution >= 4 is 32.7 Å². The van der Waals surface area contributed by atoms with Crippen LogP contribution in [0.2, 0.25) is 0 Å². The molecule has 1 aromatic heterocycles. The normalized spacial score (nSPS) is 23.5. The van der Waals surface area contributed by atoms with Crippen molar-refractivity contribution < 1.29 is 14.6 Å². The topological polar surface area (TPSA) is 74.7 Å². The van der Waals surface area contributed by atoms with E-state index in [1.165, 1.54) is 11.3 Å². The third-order valence-electron chi connectivity index (χ3n) is 4.37. The van der Waals surface area contributed by atoms with Crippen LogP contribution in [0.25, 0.3) is 10.2 Å². The summed E-state index contributed by atoms with van der Waals surface area (Å²) in [6, 6.07) is 2.78. The van der Waals surface area contributed by atoms with Gasteiger partial charge in [-0.05, 0) is 26.0 Å². The molecule has 0 saturated carbocycles. The summed E-state index contributed by atoms with van der Waals surface area (Å²) >= 11 is 1.46. The molecule has 3 heterocycles. The summed E-state index contributed by atoms with van der Waals surface area (Å²) in [5, 5.41) is 13.4. The lowest BCUT2D eigenvalue weighted by Gasteiger charge is -2.21. The van der Waals surface area contributed by atoms with Crippen molar-refractivity contribution in [2.45, 2.75) is 38.5 Å². The van der Waals surface area contributed by atoms with E-state index in [1.807, 2.05) is 12.1 Å². The maximum atomic E-state index is 12.5. The summed E-state index contributed by atoms with van der Waals surface area (Å²) in [4.78, 5) is 18.7. The van der Waals surface area contributed by atoms with Crippen molar-refractivity contribution in [3.63, 3.8) is 0 Å². The van der Waals surface area contributed by atoms with Gasteiger partial charge in [0.2, 0.25) is 0 Å². The quantitative estimate of drug-likeness (QED) is 0.817. The third kappa shape index (κ3) is 2.22. The first kappa shape index (κ1) is 15.2. The number of anilines is 1. The number of hydrogen-bond acceptors (Lipinski definition) is 5. The molecule has 0 bridgehead atoms. The first-order valence-corrected chi connectivity index (χ1v) is 8.67. The minimum absolute atomic E-state index is 0.277. The number of carbonyl (C=O) groups excluding carboxylic acids is 1. The number of aliphatic hydroxyl groups is 1. The molecule has 1 saturated heterocycles. The average molecular weight is 343 g/mol. The lowest BCUT2D eigenvalue weighted by atomic mass is 10.1. The summed E-state index contributed by atoms with van der Waals surface area (Å²) in [7, 11) is 0. The Morgan fingerprint density at radius 2 is 2.38 bits per heavy atom. The van der Waals surface area contributed by atoms with Crippen LogP contribution in [0.3, 0.4) is 0 Å². The lowest BCUT2D eigenvalue weighted by molar-refractivity contribution is 0.153. The van der Waals surface area contributed by atoms with Gasteiger partial charge in [-0.3, -0.25) is 4.90 Å². The SMILES string of the molecule is CC#C[C@@H]1[C@H]([C@H](C)O)NC(=O)N1c1nc2c3c(ccc2s1)OCC3. The van der Waals surface area contributed by atoms with Crippen LogP contribution in [0.1, 0.15) is 19.4 Å². The molecule has 2 aliphatic heterocycles. The van der Waals surface area contributed by atoms with E-state index in [-0.39, 0.29) is 6.03 Å². The molecular weight excluding hydrogens is 326 g/mol. The van der Waals surface area contributed by atoms with E-state index >= 15 is 0 Å². The van der Waals surface area contributed by atoms with Crippen molar-refractivity contribution in [1.82, 2.24) is 10.3 Å². The van der Waals surface area contributed by atoms with E-state index in [2.05, 4.69) is 17.2 Å². The first-order valence-electron chi connectivity index (χ1n) is 7.85. The van der Waals surface area contributed by atoms with Gasteiger partial charge in [-0.2, -0.15) is 0 Å². The number of rotatable bonds is 2. The number of aromatic nitrogens is 1. The second-order valence-electron chi connectivity index (χ2n) is 5.91. The zero-order valence-electron chi connectivity index (χ0n) is 13.4. The highest BCUT2D eigenvalue weighted by molar-refractivity contribution is 7.22. The second-order valence-corrected chi connectivity index (χ2v) is 6.92. The van der Waals surface area contributed by atoms with Gasteiger partial charge in [0.15, 0.2) is 5.13 Å². The van der Waals surface area contributed by atoms with Crippen LogP contribution in [-0.2, 0) is 6.42 Å². The van der Waals surface area contributed by atoms with Crippen LogP contribution in [0.4, 0.5) is 9.93 Å². The molecule has 2 amide bonds. The van der Waals surface area contributed by atoms with E-state index in [1.54, 1.807) is 18.7 Å². The number of aliphatic hydroxyl groups excluding tert-OH is 1. The van der Waals surface area contributed by atoms with Crippen molar-refractivity contribution in [1.29, 1.82) is 0 Å². The molecular formula is C17H17N3O3S. The van der Waals surface area contributed by atoms with E-state index in [0.29, 0.717) is 11.7 Å². The van der Waals surface area contributed by atoms with Crippen molar-refractivity contribution in [3.05, 3.63) is 17.7 Å². The van der Waals surface area contributed by atoms with Gasteiger partial charge in [0.05, 0.1) is 29.0 Å². The van der Waals surface area contributed by atoms with Gasteiger partial charge >= 0.3 is 6.03 Å². The zero-order valence-corrected chi connectivity index (χ0v) is 14.2. The van der Waals surface area contributed by atoms with Gasteiger partial charge in [0, 0.05) is 12.0 Å². The van der Waals surface area contributed by atoms with Crippen LogP contribution in [0.5, 0.6) is 5.75 Å². The van der Waals surface area contributed by atoms with Gasteiger partial charge in [0.25, 0.3) is 0 Å². The zero-order chi connectivity index (χ0) is 16.8. The number of carbonyl (C=O) groups is 1. The summed E-state index contributed by atoms with van der Waals surface area (Å²) < 4.78 is 6.61. The Morgan fingerprint density at radius 3 is 3.12 bits per heavy atom. The lowest BCUT2D eigenvalue weighted by Crippen LogP contribution is -2.42. The summed E-state index contributed by atoms with van der Waals surface area (Å²) in [6.45, 7) is 4.05. The highest BCUT2D eigenvalue weighted by Crippen LogP contribution is 2.39. The highest BCUT2D eigenvalue weighted by Gasteiger charge is 2.43. The number of nitrogens with zero attached hydrogens (tertiary/aromatic N) is 2. The number of urea groups is 1. The second kappa shape index (κ2) is 5.65. The predicted molar refractivity (Wildman–Crippen MR) is 92.5 cm³/mol. The van der Waals surface area contributed by atoms with Crippen LogP contribution in [-0.4, -0.2) is 40.9 Å². The molecule has 6 nitrogen and oxygen atoms in total. The standard InChI is InChI=1S/C17H17N3O3S/c1-3-4-11-14(9(2)21)18-16(22)20(11)17-19-15-10-7-8-23-12(10)5-6-13(15)24-17/h5-6,9,11,14,21H,7-8H2,1-2H3,(H,18,22)/t9-,11+,14-/m0/s1. The Bertz CT molecular complexity index is 880. The molecule has 3 atom stereocenters. The predicted octanol–water partition coefficient (Wildman–Crippen LogP) is 1.90. The Kier molecular flexibility index (Phi) is 3.59. The fourth-order valence-corrected chi connectivity index (χ4v) is 4.26. The monoisotopic (exact) mass is 343 g/mol. The molecule has 7 heteroatoms. The molecule has 0 unspecified atom stereocenters. The van der Waals surface area contributed by atoms with Gasteiger partial charge in [-0.1, -0.05) is 17.3 Å². The van der Waals surface area contributed by atoms with Crippen LogP contribution >= 0.6 is 11.3 Å². The third-order valence-corrected chi connectivity index (χ3v) is 5.39. The van der Waals surface area contributed by atoms with Gasteiger partial charge < -0.3 is 15.2 Å². The molecule has 2 N–H and O–H groups in total. The highest BCUT2D eigenvalue weighted by atomic mass is 32.1. The van der Waals surface area contributed by atoms with Crippen molar-refractivity contribution in [2.24, 2.45) is 0 Å².